The standard InChI is InChI=1S/C18H22N6O4/c1-18(2,3)16-20-21-17-23(10-13(25)26)12-8-11(22-4-6-28-7-5-22)9-19-14(12)15(27)24(16)17/h8-9H,4-7,10H2,1-3H3,(H,25,26). The highest BCUT2D eigenvalue weighted by atomic mass is 16.5. The van der Waals surface area contributed by atoms with Gasteiger partial charge in [0.2, 0.25) is 5.78 Å². The minimum absolute atomic E-state index is 0.191. The molecule has 0 aromatic carbocycles. The fraction of sp³-hybridized carbons (Fsp3) is 0.500. The lowest BCUT2D eigenvalue weighted by Gasteiger charge is -2.28. The molecule has 1 N–H and O–H groups in total. The summed E-state index contributed by atoms with van der Waals surface area (Å²) in [5, 5.41) is 17.8. The highest BCUT2D eigenvalue weighted by molar-refractivity contribution is 5.81. The third kappa shape index (κ3) is 2.99. The summed E-state index contributed by atoms with van der Waals surface area (Å²) < 4.78 is 8.23. The van der Waals surface area contributed by atoms with Gasteiger partial charge in [0, 0.05) is 18.5 Å². The molecular formula is C18H22N6O4. The van der Waals surface area contributed by atoms with E-state index >= 15 is 0 Å². The summed E-state index contributed by atoms with van der Waals surface area (Å²) in [6, 6.07) is 1.80. The predicted octanol–water partition coefficient (Wildman–Crippen LogP) is 0.658. The van der Waals surface area contributed by atoms with E-state index in [1.165, 1.54) is 8.97 Å². The van der Waals surface area contributed by atoms with E-state index < -0.39 is 11.4 Å². The molecule has 10 heteroatoms. The second-order valence-corrected chi connectivity index (χ2v) is 7.85. The number of hydrogen-bond donors (Lipinski definition) is 1. The zero-order chi connectivity index (χ0) is 20.1. The lowest BCUT2D eigenvalue weighted by atomic mass is 9.96. The second kappa shape index (κ2) is 6.55. The highest BCUT2D eigenvalue weighted by Gasteiger charge is 2.26. The Bertz CT molecular complexity index is 1120. The molecule has 148 valence electrons. The Morgan fingerprint density at radius 1 is 1.25 bits per heavy atom. The number of ether oxygens (including phenoxy) is 1. The lowest BCUT2D eigenvalue weighted by molar-refractivity contribution is -0.137. The Labute approximate surface area is 160 Å². The third-order valence-electron chi connectivity index (χ3n) is 4.78. The molecule has 0 bridgehead atoms. The first-order valence-electron chi connectivity index (χ1n) is 9.10. The van der Waals surface area contributed by atoms with Gasteiger partial charge in [-0.05, 0) is 6.07 Å². The molecule has 4 heterocycles. The molecule has 0 radical (unpaired) electrons. The maximum Gasteiger partial charge on any atom is 0.323 e. The monoisotopic (exact) mass is 386 g/mol. The van der Waals surface area contributed by atoms with Gasteiger partial charge >= 0.3 is 5.97 Å². The van der Waals surface area contributed by atoms with E-state index in [-0.39, 0.29) is 23.4 Å². The van der Waals surface area contributed by atoms with Crippen molar-refractivity contribution in [3.8, 4) is 0 Å². The van der Waals surface area contributed by atoms with Gasteiger partial charge in [0.05, 0.1) is 30.6 Å². The molecule has 0 saturated carbocycles. The number of pyridine rings is 1. The number of morpholine rings is 1. The summed E-state index contributed by atoms with van der Waals surface area (Å²) in [6.07, 6.45) is 1.65. The van der Waals surface area contributed by atoms with Crippen LogP contribution < -0.4 is 10.5 Å². The average molecular weight is 386 g/mol. The maximum atomic E-state index is 13.2. The summed E-state index contributed by atoms with van der Waals surface area (Å²) in [4.78, 5) is 31.2. The van der Waals surface area contributed by atoms with Crippen LogP contribution in [0.25, 0.3) is 16.8 Å². The molecule has 1 saturated heterocycles. The number of aliphatic carboxylic acids is 1. The summed E-state index contributed by atoms with van der Waals surface area (Å²) in [6.45, 7) is 8.04. The molecule has 28 heavy (non-hydrogen) atoms. The Balaban J connectivity index is 2.02. The largest absolute Gasteiger partial charge is 0.480 e. The van der Waals surface area contributed by atoms with Gasteiger partial charge in [-0.2, -0.15) is 0 Å². The number of nitrogens with zero attached hydrogens (tertiary/aromatic N) is 6. The average Bonchev–Trinajstić information content (AvgIpc) is 3.11. The van der Waals surface area contributed by atoms with Gasteiger partial charge in [-0.25, -0.2) is 9.38 Å². The molecule has 0 amide bonds. The van der Waals surface area contributed by atoms with E-state index in [0.717, 1.165) is 5.69 Å². The fourth-order valence-electron chi connectivity index (χ4n) is 3.44. The molecule has 1 fully saturated rings. The number of rotatable bonds is 3. The maximum absolute atomic E-state index is 13.2. The Morgan fingerprint density at radius 3 is 2.61 bits per heavy atom. The number of fused-ring (bicyclic) bond motifs is 2. The Kier molecular flexibility index (Phi) is 4.30. The molecule has 0 spiro atoms. The summed E-state index contributed by atoms with van der Waals surface area (Å²) in [7, 11) is 0. The lowest BCUT2D eigenvalue weighted by Crippen LogP contribution is -2.36. The van der Waals surface area contributed by atoms with Crippen molar-refractivity contribution in [2.75, 3.05) is 31.2 Å². The number of carboxylic acid groups (broad SMARTS) is 1. The molecule has 4 rings (SSSR count). The minimum atomic E-state index is -1.04. The van der Waals surface area contributed by atoms with Gasteiger partial charge in [-0.15, -0.1) is 10.2 Å². The van der Waals surface area contributed by atoms with Crippen LogP contribution >= 0.6 is 0 Å². The third-order valence-corrected chi connectivity index (χ3v) is 4.78. The van der Waals surface area contributed by atoms with E-state index in [4.69, 9.17) is 4.74 Å². The predicted molar refractivity (Wildman–Crippen MR) is 102 cm³/mol. The van der Waals surface area contributed by atoms with Crippen molar-refractivity contribution in [3.63, 3.8) is 0 Å². The van der Waals surface area contributed by atoms with Gasteiger partial charge in [-0.1, -0.05) is 20.8 Å². The number of carbonyl (C=O) groups is 1. The quantitative estimate of drug-likeness (QED) is 0.698. The van der Waals surface area contributed by atoms with Crippen molar-refractivity contribution < 1.29 is 14.6 Å². The minimum Gasteiger partial charge on any atom is -0.480 e. The van der Waals surface area contributed by atoms with Gasteiger partial charge in [0.1, 0.15) is 12.4 Å². The highest BCUT2D eigenvalue weighted by Crippen LogP contribution is 2.24. The van der Waals surface area contributed by atoms with Crippen LogP contribution in [-0.2, 0) is 21.5 Å². The summed E-state index contributed by atoms with van der Waals surface area (Å²) in [5.74, 6) is -0.373. The number of anilines is 1. The van der Waals surface area contributed by atoms with Crippen molar-refractivity contribution in [1.29, 1.82) is 0 Å². The van der Waals surface area contributed by atoms with Crippen LogP contribution in [-0.4, -0.2) is 61.5 Å². The smallest absolute Gasteiger partial charge is 0.323 e. The molecule has 1 aliphatic heterocycles. The molecule has 0 atom stereocenters. The Hall–Kier alpha value is -3.01. The van der Waals surface area contributed by atoms with E-state index in [0.29, 0.717) is 37.6 Å². The van der Waals surface area contributed by atoms with E-state index in [2.05, 4.69) is 20.1 Å². The molecular weight excluding hydrogens is 364 g/mol. The van der Waals surface area contributed by atoms with Gasteiger partial charge < -0.3 is 14.7 Å². The van der Waals surface area contributed by atoms with E-state index in [9.17, 15) is 14.7 Å². The first-order valence-corrected chi connectivity index (χ1v) is 9.10. The molecule has 3 aromatic rings. The fourth-order valence-corrected chi connectivity index (χ4v) is 3.44. The first kappa shape index (κ1) is 18.4. The van der Waals surface area contributed by atoms with Crippen molar-refractivity contribution >= 4 is 28.5 Å². The molecule has 1 aliphatic rings. The van der Waals surface area contributed by atoms with E-state index in [1.54, 1.807) is 12.3 Å². The van der Waals surface area contributed by atoms with Crippen LogP contribution in [0.2, 0.25) is 0 Å². The molecule has 0 aliphatic carbocycles. The van der Waals surface area contributed by atoms with Crippen LogP contribution in [0, 0.1) is 0 Å². The van der Waals surface area contributed by atoms with Gasteiger partial charge in [-0.3, -0.25) is 14.2 Å². The van der Waals surface area contributed by atoms with Crippen LogP contribution in [0.5, 0.6) is 0 Å². The van der Waals surface area contributed by atoms with Crippen molar-refractivity contribution in [2.45, 2.75) is 32.7 Å². The van der Waals surface area contributed by atoms with Crippen LogP contribution in [0.15, 0.2) is 17.1 Å². The molecule has 0 unspecified atom stereocenters. The zero-order valence-corrected chi connectivity index (χ0v) is 16.0. The zero-order valence-electron chi connectivity index (χ0n) is 16.0. The summed E-state index contributed by atoms with van der Waals surface area (Å²) >= 11 is 0. The van der Waals surface area contributed by atoms with Crippen LogP contribution in [0.4, 0.5) is 5.69 Å². The topological polar surface area (TPSA) is 115 Å². The molecule has 10 nitrogen and oxygen atoms in total. The van der Waals surface area contributed by atoms with Crippen LogP contribution in [0.3, 0.4) is 0 Å². The van der Waals surface area contributed by atoms with Crippen LogP contribution in [0.1, 0.15) is 26.6 Å². The van der Waals surface area contributed by atoms with Crippen molar-refractivity contribution in [3.05, 3.63) is 28.4 Å². The van der Waals surface area contributed by atoms with E-state index in [1.807, 2.05) is 20.8 Å². The SMILES string of the molecule is CC(C)(C)c1nnc2n(CC(=O)O)c3cc(N4CCOCC4)cnc3c(=O)n12. The number of hydrogen-bond acceptors (Lipinski definition) is 7. The van der Waals surface area contributed by atoms with Crippen molar-refractivity contribution in [2.24, 2.45) is 0 Å². The normalized spacial score (nSPS) is 15.5. The Morgan fingerprint density at radius 2 is 1.96 bits per heavy atom. The number of carboxylic acids is 1. The second-order valence-electron chi connectivity index (χ2n) is 7.85. The summed E-state index contributed by atoms with van der Waals surface area (Å²) in [5.41, 5.74) is 0.637. The van der Waals surface area contributed by atoms with Crippen molar-refractivity contribution in [1.82, 2.24) is 24.1 Å². The van der Waals surface area contributed by atoms with Gasteiger partial charge in [0.25, 0.3) is 5.56 Å². The molecule has 3 aromatic heterocycles. The van der Waals surface area contributed by atoms with Gasteiger partial charge in [0.15, 0.2) is 5.52 Å². The number of aromatic nitrogens is 5. The first-order chi connectivity index (χ1) is 13.3.